The Labute approximate surface area is 110 Å². The molecule has 0 atom stereocenters. The molecule has 0 saturated carbocycles. The lowest BCUT2D eigenvalue weighted by Gasteiger charge is -2.26. The van der Waals surface area contributed by atoms with E-state index in [0.29, 0.717) is 0 Å². The van der Waals surface area contributed by atoms with E-state index in [-0.39, 0.29) is 0 Å². The van der Waals surface area contributed by atoms with Gasteiger partial charge in [-0.25, -0.2) is 0 Å². The van der Waals surface area contributed by atoms with Gasteiger partial charge in [-0.2, -0.15) is 0 Å². The topological polar surface area (TPSA) is 15.3 Å². The molecule has 1 aromatic heterocycles. The van der Waals surface area contributed by atoms with Crippen molar-refractivity contribution in [2.75, 3.05) is 32.7 Å². The lowest BCUT2D eigenvalue weighted by molar-refractivity contribution is 0.237. The Morgan fingerprint density at radius 3 is 2.81 bits per heavy atom. The van der Waals surface area contributed by atoms with Gasteiger partial charge in [0.25, 0.3) is 0 Å². The van der Waals surface area contributed by atoms with Crippen LogP contribution in [0.15, 0.2) is 15.9 Å². The minimum absolute atomic E-state index is 1.16. The van der Waals surface area contributed by atoms with Crippen LogP contribution in [0.2, 0.25) is 0 Å². The van der Waals surface area contributed by atoms with E-state index in [1.165, 1.54) is 48.2 Å². The summed E-state index contributed by atoms with van der Waals surface area (Å²) in [5.74, 6) is 0. The fraction of sp³-hybridized carbons (Fsp3) is 0.667. The smallest absolute Gasteiger partial charge is 0.0285 e. The van der Waals surface area contributed by atoms with Crippen LogP contribution in [0.3, 0.4) is 0 Å². The van der Waals surface area contributed by atoms with Crippen LogP contribution in [0.4, 0.5) is 0 Å². The minimum Gasteiger partial charge on any atom is -0.314 e. The summed E-state index contributed by atoms with van der Waals surface area (Å²) in [5.41, 5.74) is 0. The number of halogens is 1. The maximum atomic E-state index is 3.50. The van der Waals surface area contributed by atoms with Gasteiger partial charge in [0, 0.05) is 40.9 Å². The van der Waals surface area contributed by atoms with E-state index in [9.17, 15) is 0 Å². The van der Waals surface area contributed by atoms with E-state index in [1.807, 2.05) is 11.3 Å². The molecule has 0 aliphatic carbocycles. The van der Waals surface area contributed by atoms with E-state index in [1.54, 1.807) is 0 Å². The molecular formula is C12H19BrN2S. The van der Waals surface area contributed by atoms with E-state index < -0.39 is 0 Å². The summed E-state index contributed by atoms with van der Waals surface area (Å²) in [5, 5.41) is 5.56. The Morgan fingerprint density at radius 2 is 2.12 bits per heavy atom. The molecule has 1 N–H and O–H groups in total. The number of nitrogens with one attached hydrogen (secondary N) is 1. The van der Waals surface area contributed by atoms with Crippen molar-refractivity contribution >= 4 is 27.3 Å². The van der Waals surface area contributed by atoms with Gasteiger partial charge in [0.1, 0.15) is 0 Å². The molecule has 0 radical (unpaired) electrons. The predicted octanol–water partition coefficient (Wildman–Crippen LogP) is 2.74. The molecule has 0 aromatic carbocycles. The van der Waals surface area contributed by atoms with Gasteiger partial charge in [0.05, 0.1) is 0 Å². The average Bonchev–Trinajstić information content (AvgIpc) is 2.72. The summed E-state index contributed by atoms with van der Waals surface area (Å²) in [6, 6.07) is 2.25. The van der Waals surface area contributed by atoms with E-state index >= 15 is 0 Å². The summed E-state index contributed by atoms with van der Waals surface area (Å²) in [7, 11) is 0. The first-order valence-electron chi connectivity index (χ1n) is 6.00. The molecule has 4 heteroatoms. The Bertz CT molecular complexity index is 308. The molecule has 16 heavy (non-hydrogen) atoms. The molecule has 1 aliphatic rings. The highest BCUT2D eigenvalue weighted by Gasteiger charge is 2.08. The van der Waals surface area contributed by atoms with E-state index in [2.05, 4.69) is 37.6 Å². The summed E-state index contributed by atoms with van der Waals surface area (Å²) in [6.07, 6.45) is 3.88. The third-order valence-electron chi connectivity index (χ3n) is 2.98. The number of unbranched alkanes of at least 4 members (excludes halogenated alkanes) is 1. The first-order chi connectivity index (χ1) is 7.84. The number of hydrogen-bond acceptors (Lipinski definition) is 3. The number of thiophene rings is 1. The van der Waals surface area contributed by atoms with Crippen LogP contribution in [-0.4, -0.2) is 37.6 Å². The van der Waals surface area contributed by atoms with E-state index in [0.717, 1.165) is 13.1 Å². The highest BCUT2D eigenvalue weighted by atomic mass is 79.9. The minimum atomic E-state index is 1.16. The predicted molar refractivity (Wildman–Crippen MR) is 74.3 cm³/mol. The summed E-state index contributed by atoms with van der Waals surface area (Å²) in [4.78, 5) is 4.08. The second kappa shape index (κ2) is 6.74. The van der Waals surface area contributed by atoms with Crippen LogP contribution in [-0.2, 0) is 6.42 Å². The monoisotopic (exact) mass is 302 g/mol. The van der Waals surface area contributed by atoms with Gasteiger partial charge < -0.3 is 10.2 Å². The zero-order valence-corrected chi connectivity index (χ0v) is 11.9. The molecule has 2 heterocycles. The van der Waals surface area contributed by atoms with Gasteiger partial charge in [-0.05, 0) is 47.8 Å². The number of aryl methyl sites for hydroxylation is 1. The van der Waals surface area contributed by atoms with Crippen molar-refractivity contribution in [2.24, 2.45) is 0 Å². The lowest BCUT2D eigenvalue weighted by Crippen LogP contribution is -2.43. The Hall–Kier alpha value is 0.1000. The standard InChI is InChI=1S/C12H19BrN2S/c13-11-9-12(16-10-11)3-1-2-6-15-7-4-14-5-8-15/h9-10,14H,1-8H2. The van der Waals surface area contributed by atoms with Gasteiger partial charge in [-0.3, -0.25) is 0 Å². The Balaban J connectivity index is 1.57. The van der Waals surface area contributed by atoms with Gasteiger partial charge in [0.2, 0.25) is 0 Å². The van der Waals surface area contributed by atoms with Crippen molar-refractivity contribution in [3.8, 4) is 0 Å². The highest BCUT2D eigenvalue weighted by molar-refractivity contribution is 9.10. The summed E-state index contributed by atoms with van der Waals surface area (Å²) >= 11 is 5.36. The summed E-state index contributed by atoms with van der Waals surface area (Å²) < 4.78 is 1.23. The van der Waals surface area contributed by atoms with Gasteiger partial charge in [-0.15, -0.1) is 11.3 Å². The van der Waals surface area contributed by atoms with Crippen LogP contribution in [0.5, 0.6) is 0 Å². The van der Waals surface area contributed by atoms with Crippen molar-refractivity contribution in [3.63, 3.8) is 0 Å². The van der Waals surface area contributed by atoms with Crippen LogP contribution in [0.25, 0.3) is 0 Å². The number of rotatable bonds is 5. The second-order valence-corrected chi connectivity index (χ2v) is 6.19. The highest BCUT2D eigenvalue weighted by Crippen LogP contribution is 2.21. The molecule has 0 unspecified atom stereocenters. The fourth-order valence-corrected chi connectivity index (χ4v) is 3.55. The van der Waals surface area contributed by atoms with Crippen LogP contribution < -0.4 is 5.32 Å². The first kappa shape index (κ1) is 12.6. The van der Waals surface area contributed by atoms with Crippen molar-refractivity contribution in [1.82, 2.24) is 10.2 Å². The zero-order valence-electron chi connectivity index (χ0n) is 9.54. The Morgan fingerprint density at radius 1 is 1.31 bits per heavy atom. The third-order valence-corrected chi connectivity index (χ3v) is 4.74. The van der Waals surface area contributed by atoms with Gasteiger partial charge in [0.15, 0.2) is 0 Å². The molecule has 1 aromatic rings. The van der Waals surface area contributed by atoms with Crippen molar-refractivity contribution in [2.45, 2.75) is 19.3 Å². The lowest BCUT2D eigenvalue weighted by atomic mass is 10.2. The van der Waals surface area contributed by atoms with Crippen LogP contribution in [0, 0.1) is 0 Å². The molecule has 1 fully saturated rings. The zero-order chi connectivity index (χ0) is 11.2. The Kier molecular flexibility index (Phi) is 5.29. The average molecular weight is 303 g/mol. The molecule has 1 aliphatic heterocycles. The number of hydrogen-bond donors (Lipinski definition) is 1. The third kappa shape index (κ3) is 4.17. The SMILES string of the molecule is Brc1csc(CCCCN2CCNCC2)c1. The molecule has 1 saturated heterocycles. The molecule has 2 rings (SSSR count). The second-order valence-electron chi connectivity index (χ2n) is 4.28. The molecule has 0 bridgehead atoms. The maximum Gasteiger partial charge on any atom is 0.0285 e. The number of piperazine rings is 1. The maximum absolute atomic E-state index is 3.50. The fourth-order valence-electron chi connectivity index (χ4n) is 2.05. The van der Waals surface area contributed by atoms with E-state index in [4.69, 9.17) is 0 Å². The van der Waals surface area contributed by atoms with Gasteiger partial charge >= 0.3 is 0 Å². The largest absolute Gasteiger partial charge is 0.314 e. The quantitative estimate of drug-likeness (QED) is 0.842. The molecule has 0 amide bonds. The van der Waals surface area contributed by atoms with Crippen molar-refractivity contribution in [3.05, 3.63) is 20.8 Å². The summed E-state index contributed by atoms with van der Waals surface area (Å²) in [6.45, 7) is 6.05. The molecule has 2 nitrogen and oxygen atoms in total. The van der Waals surface area contributed by atoms with Crippen molar-refractivity contribution < 1.29 is 0 Å². The molecule has 90 valence electrons. The number of nitrogens with zero attached hydrogens (tertiary/aromatic N) is 1. The molecular weight excluding hydrogens is 284 g/mol. The van der Waals surface area contributed by atoms with Crippen LogP contribution in [0.1, 0.15) is 17.7 Å². The van der Waals surface area contributed by atoms with Crippen LogP contribution >= 0.6 is 27.3 Å². The van der Waals surface area contributed by atoms with Gasteiger partial charge in [-0.1, -0.05) is 0 Å². The van der Waals surface area contributed by atoms with Crippen molar-refractivity contribution in [1.29, 1.82) is 0 Å². The normalized spacial score (nSPS) is 17.8. The first-order valence-corrected chi connectivity index (χ1v) is 7.68. The molecule has 0 spiro atoms.